The largest absolute Gasteiger partial charge is 0.501 e. The van der Waals surface area contributed by atoms with E-state index in [-0.39, 0.29) is 20.1 Å². The van der Waals surface area contributed by atoms with Crippen molar-refractivity contribution in [3.05, 3.63) is 149 Å². The molecule has 1 radical (unpaired) electrons. The molecule has 0 aliphatic heterocycles. The Morgan fingerprint density at radius 2 is 1.51 bits per heavy atom. The van der Waals surface area contributed by atoms with Crippen molar-refractivity contribution >= 4 is 35.2 Å². The Bertz CT molecular complexity index is 2250. The van der Waals surface area contributed by atoms with Crippen molar-refractivity contribution in [3.8, 4) is 22.5 Å². The summed E-state index contributed by atoms with van der Waals surface area (Å²) >= 11 is 0. The maximum Gasteiger partial charge on any atom is 0.121 e. The average Bonchev–Trinajstić information content (AvgIpc) is 3.48. The first kappa shape index (κ1) is 38.1. The fraction of sp³-hybridized carbons (Fsp3) is 0.261. The fourth-order valence-electron chi connectivity index (χ4n) is 6.49. The summed E-state index contributed by atoms with van der Waals surface area (Å²) in [6.45, 7) is 20.3. The van der Waals surface area contributed by atoms with Crippen LogP contribution in [0, 0.1) is 26.0 Å². The summed E-state index contributed by atoms with van der Waals surface area (Å²) in [4.78, 5) is 9.32. The van der Waals surface area contributed by atoms with E-state index in [4.69, 9.17) is 9.40 Å². The summed E-state index contributed by atoms with van der Waals surface area (Å²) in [5, 5.41) is 3.78. The molecule has 0 saturated carbocycles. The minimum atomic E-state index is -1.35. The van der Waals surface area contributed by atoms with Gasteiger partial charge >= 0.3 is 0 Å². The van der Waals surface area contributed by atoms with Gasteiger partial charge < -0.3 is 14.4 Å². The molecule has 5 heteroatoms. The summed E-state index contributed by atoms with van der Waals surface area (Å²) < 4.78 is 6.43. The summed E-state index contributed by atoms with van der Waals surface area (Å²) in [6.07, 6.45) is 4.87. The van der Waals surface area contributed by atoms with Crippen LogP contribution in [0.25, 0.3) is 44.5 Å². The maximum absolute atomic E-state index is 6.43. The van der Waals surface area contributed by atoms with E-state index in [0.717, 1.165) is 50.9 Å². The number of hydrogen-bond donors (Lipinski definition) is 0. The van der Waals surface area contributed by atoms with Crippen LogP contribution in [-0.2, 0) is 26.5 Å². The third-order valence-corrected chi connectivity index (χ3v) is 11.4. The number of furan rings is 1. The Kier molecular flexibility index (Phi) is 12.0. The van der Waals surface area contributed by atoms with E-state index in [0.29, 0.717) is 11.8 Å². The van der Waals surface area contributed by atoms with Crippen molar-refractivity contribution in [2.45, 2.75) is 79.4 Å². The predicted molar refractivity (Wildman–Crippen MR) is 214 cm³/mol. The molecule has 3 heterocycles. The van der Waals surface area contributed by atoms with E-state index >= 15 is 0 Å². The van der Waals surface area contributed by atoms with Crippen LogP contribution in [0.4, 0.5) is 0 Å². The quantitative estimate of drug-likeness (QED) is 0.118. The number of nitrogens with zero attached hydrogens (tertiary/aromatic N) is 2. The van der Waals surface area contributed by atoms with Gasteiger partial charge in [-0.15, -0.1) is 53.1 Å². The number of benzene rings is 4. The Hall–Kier alpha value is -4.15. The summed E-state index contributed by atoms with van der Waals surface area (Å²) in [6, 6.07) is 38.6. The topological polar surface area (TPSA) is 38.9 Å². The van der Waals surface area contributed by atoms with Gasteiger partial charge in [-0.3, -0.25) is 0 Å². The molecule has 0 spiro atoms. The van der Waals surface area contributed by atoms with Crippen LogP contribution in [0.1, 0.15) is 72.9 Å². The monoisotopic (exact) mass is 865 g/mol. The maximum atomic E-state index is 6.43. The molecule has 0 amide bonds. The molecule has 3 nitrogen and oxygen atoms in total. The molecule has 0 fully saturated rings. The van der Waals surface area contributed by atoms with Crippen molar-refractivity contribution in [3.63, 3.8) is 0 Å². The first-order valence-electron chi connectivity index (χ1n) is 17.7. The van der Waals surface area contributed by atoms with Gasteiger partial charge in [-0.1, -0.05) is 138 Å². The molecule has 7 rings (SSSR count). The molecule has 0 N–H and O–H groups in total. The molecule has 3 aromatic heterocycles. The van der Waals surface area contributed by atoms with Gasteiger partial charge in [0.05, 0.1) is 13.7 Å². The summed E-state index contributed by atoms with van der Waals surface area (Å²) in [5.74, 6) is 0.979. The number of hydrogen-bond acceptors (Lipinski definition) is 3. The van der Waals surface area contributed by atoms with Crippen LogP contribution < -0.4 is 5.19 Å². The molecule has 263 valence electrons. The van der Waals surface area contributed by atoms with E-state index in [1.54, 1.807) is 0 Å². The number of fused-ring (bicyclic) bond motifs is 3. The second-order valence-corrected chi connectivity index (χ2v) is 20.2. The Labute approximate surface area is 319 Å². The van der Waals surface area contributed by atoms with E-state index in [9.17, 15) is 0 Å². The Balaban J connectivity index is 0.000000211. The van der Waals surface area contributed by atoms with E-state index in [2.05, 4.69) is 163 Å². The molecule has 0 atom stereocenters. The second kappa shape index (κ2) is 16.0. The molecule has 51 heavy (non-hydrogen) atoms. The molecule has 0 aliphatic carbocycles. The standard InChI is InChI=1S/C28H24NO.C18H24NSi.Ir/c1-18(2)22-13-14-29-25(17-22)23-11-9-19(3)27-24-12-10-21(16-26(24)30-28(23)27)15-20-7-5-4-6-8-20;1-13(2)16-11-17(15-9-7-14(3)8-10-15)19-12-18(16)20(4,5)6;/h4-10,12-14,16-18H,15H2,1-3H3;7-9,11-13H,1-6H3;/q2*-1;. The minimum absolute atomic E-state index is 0. The molecular formula is C46H48IrN2OSi-2. The van der Waals surface area contributed by atoms with Crippen LogP contribution in [-0.4, -0.2) is 18.0 Å². The SMILES string of the molecule is Cc1c[c-]c(-c2cc(C(C)C)c([Si](C)(C)C)cn2)cc1.Cc1c[c-]c(-c2cc(C(C)C)ccn2)c2oc3cc(Cc4ccccc4)ccc3c12.[Ir]. The Morgan fingerprint density at radius 1 is 0.745 bits per heavy atom. The first-order chi connectivity index (χ1) is 23.9. The van der Waals surface area contributed by atoms with Crippen molar-refractivity contribution in [2.24, 2.45) is 0 Å². The van der Waals surface area contributed by atoms with Crippen molar-refractivity contribution < 1.29 is 24.5 Å². The molecule has 0 unspecified atom stereocenters. The molecule has 4 aromatic carbocycles. The first-order valence-corrected chi connectivity index (χ1v) is 21.2. The predicted octanol–water partition coefficient (Wildman–Crippen LogP) is 12.0. The van der Waals surface area contributed by atoms with Crippen molar-refractivity contribution in [2.75, 3.05) is 0 Å². The number of pyridine rings is 2. The zero-order chi connectivity index (χ0) is 35.6. The van der Waals surface area contributed by atoms with Crippen molar-refractivity contribution in [1.82, 2.24) is 9.97 Å². The van der Waals surface area contributed by atoms with Gasteiger partial charge in [-0.05, 0) is 58.1 Å². The molecule has 7 aromatic rings. The van der Waals surface area contributed by atoms with Gasteiger partial charge in [0.25, 0.3) is 0 Å². The Morgan fingerprint density at radius 3 is 2.18 bits per heavy atom. The smallest absolute Gasteiger partial charge is 0.121 e. The zero-order valence-corrected chi connectivity index (χ0v) is 34.7. The van der Waals surface area contributed by atoms with E-state index < -0.39 is 8.07 Å². The zero-order valence-electron chi connectivity index (χ0n) is 31.3. The van der Waals surface area contributed by atoms with Crippen LogP contribution >= 0.6 is 0 Å². The molecule has 0 saturated heterocycles. The molecule has 0 bridgehead atoms. The average molecular weight is 865 g/mol. The third kappa shape index (κ3) is 8.67. The van der Waals surface area contributed by atoms with Gasteiger partial charge in [0.1, 0.15) is 5.58 Å². The van der Waals surface area contributed by atoms with Gasteiger partial charge in [0.2, 0.25) is 0 Å². The van der Waals surface area contributed by atoms with Crippen LogP contribution in [0.15, 0.2) is 108 Å². The normalized spacial score (nSPS) is 11.5. The van der Waals surface area contributed by atoms with Crippen molar-refractivity contribution in [1.29, 1.82) is 0 Å². The number of aromatic nitrogens is 2. The number of aryl methyl sites for hydroxylation is 2. The van der Waals surface area contributed by atoms with E-state index in [1.165, 1.54) is 38.6 Å². The van der Waals surface area contributed by atoms with Gasteiger partial charge in [0.15, 0.2) is 0 Å². The van der Waals surface area contributed by atoms with Gasteiger partial charge in [0, 0.05) is 37.9 Å². The van der Waals surface area contributed by atoms with Gasteiger partial charge in [-0.25, -0.2) is 0 Å². The second-order valence-electron chi connectivity index (χ2n) is 15.1. The van der Waals surface area contributed by atoms with Crippen LogP contribution in [0.3, 0.4) is 0 Å². The number of rotatable bonds is 7. The fourth-order valence-corrected chi connectivity index (χ4v) is 8.16. The molecule has 0 aliphatic rings. The minimum Gasteiger partial charge on any atom is -0.501 e. The summed E-state index contributed by atoms with van der Waals surface area (Å²) in [5.41, 5.74) is 13.4. The summed E-state index contributed by atoms with van der Waals surface area (Å²) in [7, 11) is -1.35. The van der Waals surface area contributed by atoms with E-state index in [1.807, 2.05) is 18.3 Å². The van der Waals surface area contributed by atoms with Crippen LogP contribution in [0.5, 0.6) is 0 Å². The van der Waals surface area contributed by atoms with Crippen LogP contribution in [0.2, 0.25) is 19.6 Å². The molecular weight excluding hydrogens is 817 g/mol. The van der Waals surface area contributed by atoms with Gasteiger partial charge in [-0.2, -0.15) is 0 Å². The third-order valence-electron chi connectivity index (χ3n) is 9.38.